The number of carbonyl (C=O) groups is 1. The Morgan fingerprint density at radius 1 is 1.50 bits per heavy atom. The van der Waals surface area contributed by atoms with Crippen molar-refractivity contribution in [2.24, 2.45) is 0 Å². The zero-order valence-corrected chi connectivity index (χ0v) is 8.25. The molecule has 72 valence electrons. The summed E-state index contributed by atoms with van der Waals surface area (Å²) in [6.07, 6.45) is 4.55. The molecule has 0 fully saturated rings. The molecule has 0 saturated carbocycles. The molecule has 0 heterocycles. The van der Waals surface area contributed by atoms with Crippen LogP contribution in [0.4, 0.5) is 0 Å². The second-order valence-corrected chi connectivity index (χ2v) is 2.46. The summed E-state index contributed by atoms with van der Waals surface area (Å²) in [6.45, 7) is 6.36. The minimum Gasteiger partial charge on any atom is -0.502 e. The Kier molecular flexibility index (Phi) is 14.3. The molecule has 1 amide bonds. The molecule has 12 heavy (non-hydrogen) atoms. The molecule has 0 aliphatic heterocycles. The first-order valence-corrected chi connectivity index (χ1v) is 4.03. The van der Waals surface area contributed by atoms with Gasteiger partial charge in [-0.3, -0.25) is 4.79 Å². The van der Waals surface area contributed by atoms with Gasteiger partial charge in [0.05, 0.1) is 12.9 Å². The maximum atomic E-state index is 9.43. The van der Waals surface area contributed by atoms with Crippen LogP contribution in [-0.2, 0) is 9.53 Å². The summed E-state index contributed by atoms with van der Waals surface area (Å²) < 4.78 is 4.84. The van der Waals surface area contributed by atoms with Crippen molar-refractivity contribution >= 4 is 6.41 Å². The van der Waals surface area contributed by atoms with Gasteiger partial charge in [-0.1, -0.05) is 19.9 Å². The molecule has 0 aromatic rings. The molecule has 0 saturated heterocycles. The quantitative estimate of drug-likeness (QED) is 0.359. The van der Waals surface area contributed by atoms with Gasteiger partial charge < -0.3 is 9.64 Å². The van der Waals surface area contributed by atoms with Crippen molar-refractivity contribution in [3.63, 3.8) is 0 Å². The highest BCUT2D eigenvalue weighted by atomic mass is 16.5. The molecule has 0 atom stereocenters. The maximum absolute atomic E-state index is 9.43. The highest BCUT2D eigenvalue weighted by Crippen LogP contribution is 1.85. The van der Waals surface area contributed by atoms with E-state index in [-0.39, 0.29) is 0 Å². The SMILES string of the molecule is C=COCCCC.CN(C)C=O. The molecule has 0 aliphatic carbocycles. The Morgan fingerprint density at radius 2 is 2.00 bits per heavy atom. The van der Waals surface area contributed by atoms with Crippen LogP contribution in [0, 0.1) is 0 Å². The van der Waals surface area contributed by atoms with Gasteiger partial charge in [0, 0.05) is 14.1 Å². The molecular weight excluding hydrogens is 154 g/mol. The van der Waals surface area contributed by atoms with Crippen LogP contribution < -0.4 is 0 Å². The number of hydrogen-bond donors (Lipinski definition) is 0. The van der Waals surface area contributed by atoms with E-state index in [9.17, 15) is 4.79 Å². The summed E-state index contributed by atoms with van der Waals surface area (Å²) in [7, 11) is 3.38. The Hall–Kier alpha value is -0.990. The molecule has 0 unspecified atom stereocenters. The molecule has 3 heteroatoms. The Morgan fingerprint density at radius 3 is 2.25 bits per heavy atom. The van der Waals surface area contributed by atoms with Crippen molar-refractivity contribution in [2.75, 3.05) is 20.7 Å². The molecule has 0 N–H and O–H groups in total. The molecule has 0 bridgehead atoms. The number of amides is 1. The molecule has 3 nitrogen and oxygen atoms in total. The van der Waals surface area contributed by atoms with Crippen LogP contribution in [0.3, 0.4) is 0 Å². The standard InChI is InChI=1S/C6H12O.C3H7NO/c1-3-5-6-7-4-2;1-4(2)3-5/h4H,2-3,5-6H2,1H3;3H,1-2H3. The van der Waals surface area contributed by atoms with Gasteiger partial charge in [0.15, 0.2) is 0 Å². The molecule has 0 radical (unpaired) electrons. The fourth-order valence-electron chi connectivity index (χ4n) is 0.311. The minimum atomic E-state index is 0.750. The van der Waals surface area contributed by atoms with Crippen molar-refractivity contribution in [1.29, 1.82) is 0 Å². The van der Waals surface area contributed by atoms with Gasteiger partial charge in [-0.15, -0.1) is 0 Å². The smallest absolute Gasteiger partial charge is 0.209 e. The van der Waals surface area contributed by atoms with Gasteiger partial charge in [0.25, 0.3) is 0 Å². The van der Waals surface area contributed by atoms with Crippen molar-refractivity contribution in [3.8, 4) is 0 Å². The molecule has 0 aromatic carbocycles. The second kappa shape index (κ2) is 12.7. The van der Waals surface area contributed by atoms with Gasteiger partial charge in [-0.2, -0.15) is 0 Å². The number of nitrogens with zero attached hydrogens (tertiary/aromatic N) is 1. The van der Waals surface area contributed by atoms with E-state index in [0.29, 0.717) is 0 Å². The van der Waals surface area contributed by atoms with Crippen molar-refractivity contribution in [1.82, 2.24) is 4.90 Å². The van der Waals surface area contributed by atoms with Crippen molar-refractivity contribution in [2.45, 2.75) is 19.8 Å². The van der Waals surface area contributed by atoms with E-state index < -0.39 is 0 Å². The molecule has 0 aromatic heterocycles. The average Bonchev–Trinajstić information content (AvgIpc) is 2.07. The molecule has 0 aliphatic rings. The van der Waals surface area contributed by atoms with Gasteiger partial charge >= 0.3 is 0 Å². The second-order valence-electron chi connectivity index (χ2n) is 2.46. The molecule has 0 spiro atoms. The van der Waals surface area contributed by atoms with E-state index in [4.69, 9.17) is 4.74 Å². The Balaban J connectivity index is 0. The number of unbranched alkanes of at least 4 members (excludes halogenated alkanes) is 1. The first-order chi connectivity index (χ1) is 5.68. The lowest BCUT2D eigenvalue weighted by Crippen LogP contribution is -2.06. The van der Waals surface area contributed by atoms with E-state index in [2.05, 4.69) is 13.5 Å². The summed E-state index contributed by atoms with van der Waals surface area (Å²) in [5, 5.41) is 0. The third kappa shape index (κ3) is 23.0. The number of ether oxygens (including phenoxy) is 1. The Labute approximate surface area is 75.0 Å². The summed E-state index contributed by atoms with van der Waals surface area (Å²) in [4.78, 5) is 10.9. The summed E-state index contributed by atoms with van der Waals surface area (Å²) in [5.41, 5.74) is 0. The fraction of sp³-hybridized carbons (Fsp3) is 0.667. The van der Waals surface area contributed by atoms with Gasteiger partial charge in [-0.05, 0) is 6.42 Å². The first kappa shape index (κ1) is 13.6. The number of hydrogen-bond acceptors (Lipinski definition) is 2. The summed E-state index contributed by atoms with van der Waals surface area (Å²) in [5.74, 6) is 0. The first-order valence-electron chi connectivity index (χ1n) is 4.03. The van der Waals surface area contributed by atoms with Crippen LogP contribution in [0.2, 0.25) is 0 Å². The maximum Gasteiger partial charge on any atom is 0.209 e. The predicted molar refractivity (Wildman–Crippen MR) is 50.8 cm³/mol. The van der Waals surface area contributed by atoms with Gasteiger partial charge in [-0.25, -0.2) is 0 Å². The van der Waals surface area contributed by atoms with E-state index in [1.165, 1.54) is 17.6 Å². The largest absolute Gasteiger partial charge is 0.502 e. The average molecular weight is 173 g/mol. The normalized spacial score (nSPS) is 7.58. The monoisotopic (exact) mass is 173 g/mol. The van der Waals surface area contributed by atoms with Crippen LogP contribution in [0.1, 0.15) is 19.8 Å². The van der Waals surface area contributed by atoms with Crippen molar-refractivity contribution in [3.05, 3.63) is 12.8 Å². The lowest BCUT2D eigenvalue weighted by atomic mass is 10.4. The van der Waals surface area contributed by atoms with Gasteiger partial charge in [0.1, 0.15) is 0 Å². The highest BCUT2D eigenvalue weighted by molar-refractivity contribution is 5.45. The van der Waals surface area contributed by atoms with Crippen LogP contribution in [0.15, 0.2) is 12.8 Å². The van der Waals surface area contributed by atoms with E-state index in [0.717, 1.165) is 19.4 Å². The minimum absolute atomic E-state index is 0.750. The topological polar surface area (TPSA) is 29.5 Å². The van der Waals surface area contributed by atoms with Crippen molar-refractivity contribution < 1.29 is 9.53 Å². The van der Waals surface area contributed by atoms with Crippen LogP contribution >= 0.6 is 0 Å². The number of rotatable bonds is 5. The lowest BCUT2D eigenvalue weighted by molar-refractivity contribution is -0.115. The van der Waals surface area contributed by atoms with Crippen LogP contribution in [0.25, 0.3) is 0 Å². The summed E-state index contributed by atoms with van der Waals surface area (Å²) in [6, 6.07) is 0. The zero-order valence-electron chi connectivity index (χ0n) is 8.25. The molecular formula is C9H19NO2. The Bertz CT molecular complexity index is 103. The van der Waals surface area contributed by atoms with E-state index in [1.54, 1.807) is 14.1 Å². The third-order valence-corrected chi connectivity index (χ3v) is 0.944. The summed E-state index contributed by atoms with van der Waals surface area (Å²) >= 11 is 0. The van der Waals surface area contributed by atoms with Crippen LogP contribution in [0.5, 0.6) is 0 Å². The van der Waals surface area contributed by atoms with Gasteiger partial charge in [0.2, 0.25) is 6.41 Å². The number of carbonyl (C=O) groups excluding carboxylic acids is 1. The van der Waals surface area contributed by atoms with E-state index >= 15 is 0 Å². The third-order valence-electron chi connectivity index (χ3n) is 0.944. The van der Waals surface area contributed by atoms with Crippen LogP contribution in [-0.4, -0.2) is 32.0 Å². The predicted octanol–water partition coefficient (Wildman–Crippen LogP) is 1.65. The molecule has 0 rings (SSSR count). The highest BCUT2D eigenvalue weighted by Gasteiger charge is 1.76. The van der Waals surface area contributed by atoms with E-state index in [1.807, 2.05) is 0 Å². The lowest BCUT2D eigenvalue weighted by Gasteiger charge is -1.93. The zero-order chi connectivity index (χ0) is 9.82. The fourth-order valence-corrected chi connectivity index (χ4v) is 0.311.